The van der Waals surface area contributed by atoms with Gasteiger partial charge in [0.2, 0.25) is 0 Å². The van der Waals surface area contributed by atoms with Gasteiger partial charge in [-0.25, -0.2) is 0 Å². The Morgan fingerprint density at radius 2 is 2.20 bits per heavy atom. The van der Waals surface area contributed by atoms with Crippen molar-refractivity contribution in [2.45, 2.75) is 19.1 Å². The largest absolute Gasteiger partial charge is 0.435 e. The highest BCUT2D eigenvalue weighted by atomic mass is 19.3. The van der Waals surface area contributed by atoms with Crippen LogP contribution in [0.25, 0.3) is 0 Å². The molecule has 0 saturated carbocycles. The number of aliphatic hydroxyl groups excluding tert-OH is 1. The van der Waals surface area contributed by atoms with Gasteiger partial charge in [0.15, 0.2) is 0 Å². The molecule has 1 unspecified atom stereocenters. The SMILES string of the molecule is CC(N)(CO)c1cccc(OC(F)F)c1. The zero-order chi connectivity index (χ0) is 11.5. The Morgan fingerprint density at radius 1 is 1.53 bits per heavy atom. The maximum absolute atomic E-state index is 11.9. The van der Waals surface area contributed by atoms with Crippen molar-refractivity contribution >= 4 is 0 Å². The lowest BCUT2D eigenvalue weighted by molar-refractivity contribution is -0.0499. The van der Waals surface area contributed by atoms with E-state index < -0.39 is 12.2 Å². The van der Waals surface area contributed by atoms with Crippen LogP contribution in [0.1, 0.15) is 12.5 Å². The Balaban J connectivity index is 2.92. The molecule has 0 radical (unpaired) electrons. The van der Waals surface area contributed by atoms with Gasteiger partial charge in [-0.05, 0) is 24.6 Å². The van der Waals surface area contributed by atoms with Crippen molar-refractivity contribution in [3.63, 3.8) is 0 Å². The van der Waals surface area contributed by atoms with Crippen molar-refractivity contribution in [2.75, 3.05) is 6.61 Å². The number of alkyl halides is 2. The van der Waals surface area contributed by atoms with E-state index in [1.165, 1.54) is 12.1 Å². The van der Waals surface area contributed by atoms with Crippen LogP contribution in [0.15, 0.2) is 24.3 Å². The summed E-state index contributed by atoms with van der Waals surface area (Å²) in [5, 5.41) is 9.01. The second-order valence-corrected chi connectivity index (χ2v) is 3.48. The Morgan fingerprint density at radius 3 is 2.73 bits per heavy atom. The molecule has 0 aliphatic carbocycles. The van der Waals surface area contributed by atoms with E-state index in [1.54, 1.807) is 19.1 Å². The number of halogens is 2. The molecule has 1 atom stereocenters. The van der Waals surface area contributed by atoms with Crippen LogP contribution in [0, 0.1) is 0 Å². The monoisotopic (exact) mass is 217 g/mol. The second-order valence-electron chi connectivity index (χ2n) is 3.48. The lowest BCUT2D eigenvalue weighted by Crippen LogP contribution is -2.36. The zero-order valence-corrected chi connectivity index (χ0v) is 8.28. The van der Waals surface area contributed by atoms with E-state index in [2.05, 4.69) is 4.74 Å². The number of hydrogen-bond acceptors (Lipinski definition) is 3. The number of ether oxygens (including phenoxy) is 1. The summed E-state index contributed by atoms with van der Waals surface area (Å²) in [4.78, 5) is 0. The molecule has 0 heterocycles. The molecule has 5 heteroatoms. The molecule has 0 fully saturated rings. The molecule has 15 heavy (non-hydrogen) atoms. The van der Waals surface area contributed by atoms with Gasteiger partial charge in [0.05, 0.1) is 12.1 Å². The molecule has 0 spiro atoms. The summed E-state index contributed by atoms with van der Waals surface area (Å²) in [5.41, 5.74) is 5.33. The summed E-state index contributed by atoms with van der Waals surface area (Å²) < 4.78 is 28.1. The average Bonchev–Trinajstić information content (AvgIpc) is 2.17. The molecular weight excluding hydrogens is 204 g/mol. The molecule has 0 bridgehead atoms. The first-order chi connectivity index (χ1) is 6.95. The first-order valence-corrected chi connectivity index (χ1v) is 4.41. The Labute approximate surface area is 86.5 Å². The third-order valence-electron chi connectivity index (χ3n) is 2.05. The van der Waals surface area contributed by atoms with E-state index in [-0.39, 0.29) is 12.4 Å². The molecule has 1 aromatic rings. The van der Waals surface area contributed by atoms with Crippen molar-refractivity contribution in [3.05, 3.63) is 29.8 Å². The number of benzene rings is 1. The van der Waals surface area contributed by atoms with Crippen molar-refractivity contribution in [1.82, 2.24) is 0 Å². The summed E-state index contributed by atoms with van der Waals surface area (Å²) in [6, 6.07) is 5.99. The number of rotatable bonds is 4. The molecule has 0 saturated heterocycles. The van der Waals surface area contributed by atoms with Crippen LogP contribution in [0.3, 0.4) is 0 Å². The van der Waals surface area contributed by atoms with Gasteiger partial charge < -0.3 is 15.6 Å². The van der Waals surface area contributed by atoms with Gasteiger partial charge >= 0.3 is 6.61 Å². The highest BCUT2D eigenvalue weighted by Crippen LogP contribution is 2.22. The van der Waals surface area contributed by atoms with Gasteiger partial charge in [-0.1, -0.05) is 12.1 Å². The van der Waals surface area contributed by atoms with Crippen molar-refractivity contribution < 1.29 is 18.6 Å². The smallest absolute Gasteiger partial charge is 0.387 e. The predicted octanol–water partition coefficient (Wildman–Crippen LogP) is 1.45. The van der Waals surface area contributed by atoms with Crippen LogP contribution in [0.2, 0.25) is 0 Å². The molecule has 0 aliphatic heterocycles. The van der Waals surface area contributed by atoms with Gasteiger partial charge in [-0.2, -0.15) is 8.78 Å². The number of hydrogen-bond donors (Lipinski definition) is 2. The highest BCUT2D eigenvalue weighted by Gasteiger charge is 2.20. The molecule has 3 N–H and O–H groups in total. The van der Waals surface area contributed by atoms with E-state index in [4.69, 9.17) is 10.8 Å². The normalized spacial score (nSPS) is 15.1. The van der Waals surface area contributed by atoms with Crippen LogP contribution in [-0.2, 0) is 5.54 Å². The quantitative estimate of drug-likeness (QED) is 0.802. The Kier molecular flexibility index (Phi) is 3.60. The fraction of sp³-hybridized carbons (Fsp3) is 0.400. The summed E-state index contributed by atoms with van der Waals surface area (Å²) in [7, 11) is 0. The van der Waals surface area contributed by atoms with Gasteiger partial charge in [-0.15, -0.1) is 0 Å². The molecule has 84 valence electrons. The van der Waals surface area contributed by atoms with Gasteiger partial charge in [-0.3, -0.25) is 0 Å². The van der Waals surface area contributed by atoms with E-state index in [9.17, 15) is 8.78 Å². The Bertz CT molecular complexity index is 329. The van der Waals surface area contributed by atoms with Gasteiger partial charge in [0.1, 0.15) is 5.75 Å². The number of nitrogens with two attached hydrogens (primary N) is 1. The summed E-state index contributed by atoms with van der Waals surface area (Å²) in [6.07, 6.45) is 0. The van der Waals surface area contributed by atoms with Crippen LogP contribution in [0.5, 0.6) is 5.75 Å². The van der Waals surface area contributed by atoms with Crippen molar-refractivity contribution in [2.24, 2.45) is 5.73 Å². The molecule has 1 rings (SSSR count). The van der Waals surface area contributed by atoms with E-state index in [0.29, 0.717) is 5.56 Å². The molecule has 1 aromatic carbocycles. The Hall–Kier alpha value is -1.20. The third kappa shape index (κ3) is 3.14. The van der Waals surface area contributed by atoms with Crippen molar-refractivity contribution in [3.8, 4) is 5.75 Å². The number of aliphatic hydroxyl groups is 1. The van der Waals surface area contributed by atoms with Crippen LogP contribution in [0.4, 0.5) is 8.78 Å². The van der Waals surface area contributed by atoms with Crippen LogP contribution in [-0.4, -0.2) is 18.3 Å². The van der Waals surface area contributed by atoms with Gasteiger partial charge in [0.25, 0.3) is 0 Å². The topological polar surface area (TPSA) is 55.5 Å². The zero-order valence-electron chi connectivity index (χ0n) is 8.28. The minimum absolute atomic E-state index is 0.0348. The first-order valence-electron chi connectivity index (χ1n) is 4.41. The van der Waals surface area contributed by atoms with Crippen molar-refractivity contribution in [1.29, 1.82) is 0 Å². The standard InChI is InChI=1S/C10H13F2NO2/c1-10(13,6-14)7-3-2-4-8(5-7)15-9(11)12/h2-5,9,14H,6,13H2,1H3. The first kappa shape index (κ1) is 11.9. The van der Waals surface area contributed by atoms with Crippen LogP contribution < -0.4 is 10.5 Å². The minimum atomic E-state index is -2.86. The van der Waals surface area contributed by atoms with Crippen LogP contribution >= 0.6 is 0 Å². The highest BCUT2D eigenvalue weighted by molar-refractivity contribution is 5.32. The maximum atomic E-state index is 11.9. The molecular formula is C10H13F2NO2. The minimum Gasteiger partial charge on any atom is -0.435 e. The summed E-state index contributed by atoms with van der Waals surface area (Å²) >= 11 is 0. The maximum Gasteiger partial charge on any atom is 0.387 e. The molecule has 0 aromatic heterocycles. The second kappa shape index (κ2) is 4.55. The lowest BCUT2D eigenvalue weighted by Gasteiger charge is -2.22. The predicted molar refractivity (Wildman–Crippen MR) is 51.7 cm³/mol. The average molecular weight is 217 g/mol. The summed E-state index contributed by atoms with van der Waals surface area (Å²) in [6.45, 7) is -1.53. The van der Waals surface area contributed by atoms with E-state index in [0.717, 1.165) is 0 Å². The fourth-order valence-electron chi connectivity index (χ4n) is 1.12. The summed E-state index contributed by atoms with van der Waals surface area (Å²) in [5.74, 6) is 0.0348. The fourth-order valence-corrected chi connectivity index (χ4v) is 1.12. The van der Waals surface area contributed by atoms with Gasteiger partial charge in [0, 0.05) is 0 Å². The molecule has 0 amide bonds. The molecule has 0 aliphatic rings. The van der Waals surface area contributed by atoms with E-state index >= 15 is 0 Å². The van der Waals surface area contributed by atoms with E-state index in [1.807, 2.05) is 0 Å². The lowest BCUT2D eigenvalue weighted by atomic mass is 9.94. The molecule has 3 nitrogen and oxygen atoms in total. The third-order valence-corrected chi connectivity index (χ3v) is 2.05.